The van der Waals surface area contributed by atoms with Gasteiger partial charge >= 0.3 is 0 Å². The molecular weight excluding hydrogens is 250 g/mol. The lowest BCUT2D eigenvalue weighted by molar-refractivity contribution is 0.0610. The Labute approximate surface area is 118 Å². The van der Waals surface area contributed by atoms with Crippen LogP contribution in [0.15, 0.2) is 24.4 Å². The molecule has 3 rings (SSSR count). The van der Waals surface area contributed by atoms with Gasteiger partial charge < -0.3 is 15.6 Å². The Hall–Kier alpha value is -1.97. The Bertz CT molecular complexity index is 632. The van der Waals surface area contributed by atoms with Gasteiger partial charge in [0, 0.05) is 35.4 Å². The second kappa shape index (κ2) is 5.19. The fourth-order valence-corrected chi connectivity index (χ4v) is 3.16. The molecule has 4 nitrogen and oxygen atoms in total. The number of fused-ring (bicyclic) bond motifs is 1. The first-order valence-corrected chi connectivity index (χ1v) is 7.38. The minimum absolute atomic E-state index is 0.133. The normalized spacial score (nSPS) is 19.4. The first-order chi connectivity index (χ1) is 9.70. The molecule has 1 aliphatic heterocycles. The summed E-state index contributed by atoms with van der Waals surface area (Å²) in [6.07, 6.45) is 6.28. The molecule has 1 aliphatic rings. The number of H-pyrrole nitrogens is 1. The predicted molar refractivity (Wildman–Crippen MR) is 81.7 cm³/mol. The van der Waals surface area contributed by atoms with Crippen molar-refractivity contribution in [2.75, 3.05) is 12.3 Å². The van der Waals surface area contributed by atoms with Crippen molar-refractivity contribution in [1.82, 2.24) is 9.88 Å². The Kier molecular flexibility index (Phi) is 3.38. The highest BCUT2D eigenvalue weighted by Gasteiger charge is 2.27. The first kappa shape index (κ1) is 13.0. The van der Waals surface area contributed by atoms with Crippen LogP contribution >= 0.6 is 0 Å². The van der Waals surface area contributed by atoms with Gasteiger partial charge in [-0.25, -0.2) is 0 Å². The van der Waals surface area contributed by atoms with Crippen molar-refractivity contribution in [2.45, 2.75) is 38.6 Å². The summed E-state index contributed by atoms with van der Waals surface area (Å²) in [6, 6.07) is 6.03. The number of nitrogens with two attached hydrogens (primary N) is 1. The maximum Gasteiger partial charge on any atom is 0.256 e. The van der Waals surface area contributed by atoms with Gasteiger partial charge in [0.2, 0.25) is 0 Å². The van der Waals surface area contributed by atoms with Gasteiger partial charge in [0.25, 0.3) is 5.91 Å². The lowest BCUT2D eigenvalue weighted by Gasteiger charge is -2.35. The fraction of sp³-hybridized carbons (Fsp3) is 0.438. The number of amides is 1. The van der Waals surface area contributed by atoms with Crippen LogP contribution in [-0.2, 0) is 0 Å². The van der Waals surface area contributed by atoms with E-state index < -0.39 is 0 Å². The van der Waals surface area contributed by atoms with E-state index in [9.17, 15) is 4.79 Å². The number of hydrogen-bond acceptors (Lipinski definition) is 2. The second-order valence-corrected chi connectivity index (χ2v) is 5.56. The second-order valence-electron chi connectivity index (χ2n) is 5.56. The van der Waals surface area contributed by atoms with E-state index in [1.54, 1.807) is 0 Å². The zero-order chi connectivity index (χ0) is 14.1. The largest absolute Gasteiger partial charge is 0.399 e. The molecule has 1 saturated heterocycles. The molecular formula is C16H21N3O. The quantitative estimate of drug-likeness (QED) is 0.824. The molecule has 0 radical (unpaired) electrons. The molecule has 1 atom stereocenters. The molecule has 106 valence electrons. The van der Waals surface area contributed by atoms with Crippen LogP contribution in [0.25, 0.3) is 10.9 Å². The van der Waals surface area contributed by atoms with Crippen LogP contribution in [0.3, 0.4) is 0 Å². The van der Waals surface area contributed by atoms with Crippen molar-refractivity contribution in [1.29, 1.82) is 0 Å². The molecule has 0 spiro atoms. The number of nitrogen functional groups attached to an aromatic ring is 1. The van der Waals surface area contributed by atoms with Crippen molar-refractivity contribution < 1.29 is 4.79 Å². The summed E-state index contributed by atoms with van der Waals surface area (Å²) in [4.78, 5) is 18.0. The van der Waals surface area contributed by atoms with Gasteiger partial charge in [-0.05, 0) is 43.9 Å². The smallest absolute Gasteiger partial charge is 0.256 e. The Morgan fingerprint density at radius 2 is 2.30 bits per heavy atom. The number of carbonyl (C=O) groups is 1. The molecule has 2 heterocycles. The van der Waals surface area contributed by atoms with Crippen molar-refractivity contribution >= 4 is 22.5 Å². The minimum atomic E-state index is 0.133. The number of likely N-dealkylation sites (tertiary alicyclic amines) is 1. The summed E-state index contributed by atoms with van der Waals surface area (Å²) in [6.45, 7) is 3.02. The van der Waals surface area contributed by atoms with Gasteiger partial charge in [0.05, 0.1) is 5.56 Å². The van der Waals surface area contributed by atoms with E-state index >= 15 is 0 Å². The zero-order valence-corrected chi connectivity index (χ0v) is 11.9. The van der Waals surface area contributed by atoms with Gasteiger partial charge in [-0.3, -0.25) is 4.79 Å². The summed E-state index contributed by atoms with van der Waals surface area (Å²) in [5.74, 6) is 0.133. The van der Waals surface area contributed by atoms with E-state index in [-0.39, 0.29) is 5.91 Å². The van der Waals surface area contributed by atoms with Crippen molar-refractivity contribution in [3.63, 3.8) is 0 Å². The van der Waals surface area contributed by atoms with Crippen LogP contribution in [0.5, 0.6) is 0 Å². The number of hydrogen-bond donors (Lipinski definition) is 2. The third kappa shape index (κ3) is 2.15. The number of anilines is 1. The van der Waals surface area contributed by atoms with E-state index in [1.165, 1.54) is 6.42 Å². The molecule has 0 bridgehead atoms. The molecule has 1 aromatic carbocycles. The molecule has 1 unspecified atom stereocenters. The molecule has 4 heteroatoms. The summed E-state index contributed by atoms with van der Waals surface area (Å²) < 4.78 is 0. The van der Waals surface area contributed by atoms with E-state index in [2.05, 4.69) is 11.9 Å². The maximum absolute atomic E-state index is 12.8. The summed E-state index contributed by atoms with van der Waals surface area (Å²) in [5.41, 5.74) is 8.25. The van der Waals surface area contributed by atoms with Gasteiger partial charge in [0.1, 0.15) is 0 Å². The van der Waals surface area contributed by atoms with Gasteiger partial charge in [-0.2, -0.15) is 0 Å². The summed E-state index contributed by atoms with van der Waals surface area (Å²) in [7, 11) is 0. The number of aromatic nitrogens is 1. The number of carbonyl (C=O) groups excluding carboxylic acids is 1. The molecule has 3 N–H and O–H groups in total. The van der Waals surface area contributed by atoms with E-state index in [0.29, 0.717) is 11.7 Å². The van der Waals surface area contributed by atoms with Crippen LogP contribution in [0, 0.1) is 0 Å². The molecule has 20 heavy (non-hydrogen) atoms. The predicted octanol–water partition coefficient (Wildman–Crippen LogP) is 3.15. The topological polar surface area (TPSA) is 62.1 Å². The molecule has 1 fully saturated rings. The Morgan fingerprint density at radius 3 is 3.10 bits per heavy atom. The lowest BCUT2D eigenvalue weighted by atomic mass is 9.98. The molecule has 2 aromatic rings. The van der Waals surface area contributed by atoms with Gasteiger partial charge in [-0.15, -0.1) is 0 Å². The molecule has 0 aliphatic carbocycles. The Morgan fingerprint density at radius 1 is 1.45 bits per heavy atom. The van der Waals surface area contributed by atoms with Gasteiger partial charge in [-0.1, -0.05) is 6.92 Å². The first-order valence-electron chi connectivity index (χ1n) is 7.38. The molecule has 1 amide bonds. The highest BCUT2D eigenvalue weighted by Crippen LogP contribution is 2.26. The summed E-state index contributed by atoms with van der Waals surface area (Å²) in [5, 5.41) is 0.926. The van der Waals surface area contributed by atoms with E-state index in [4.69, 9.17) is 5.73 Å². The highest BCUT2D eigenvalue weighted by molar-refractivity contribution is 6.07. The number of nitrogens with zero attached hydrogens (tertiary/aromatic N) is 1. The average molecular weight is 271 g/mol. The van der Waals surface area contributed by atoms with Crippen molar-refractivity contribution in [3.8, 4) is 0 Å². The lowest BCUT2D eigenvalue weighted by Crippen LogP contribution is -2.43. The van der Waals surface area contributed by atoms with Crippen LogP contribution in [0.1, 0.15) is 43.0 Å². The number of rotatable bonds is 2. The van der Waals surface area contributed by atoms with Crippen molar-refractivity contribution in [3.05, 3.63) is 30.0 Å². The fourth-order valence-electron chi connectivity index (χ4n) is 3.16. The molecule has 1 aromatic heterocycles. The zero-order valence-electron chi connectivity index (χ0n) is 11.9. The monoisotopic (exact) mass is 271 g/mol. The van der Waals surface area contributed by atoms with E-state index in [1.807, 2.05) is 29.3 Å². The van der Waals surface area contributed by atoms with Crippen molar-refractivity contribution in [2.24, 2.45) is 0 Å². The van der Waals surface area contributed by atoms with Crippen LogP contribution < -0.4 is 5.73 Å². The maximum atomic E-state index is 12.8. The number of aromatic amines is 1. The third-order valence-corrected chi connectivity index (χ3v) is 4.30. The summed E-state index contributed by atoms with van der Waals surface area (Å²) >= 11 is 0. The van der Waals surface area contributed by atoms with Gasteiger partial charge in [0.15, 0.2) is 0 Å². The number of piperidine rings is 1. The minimum Gasteiger partial charge on any atom is -0.399 e. The Balaban J connectivity index is 1.97. The van der Waals surface area contributed by atoms with E-state index in [0.717, 1.165) is 42.3 Å². The SMILES string of the molecule is CCC1CCCCN1C(=O)c1c[nH]c2ccc(N)cc12. The van der Waals surface area contributed by atoms with Crippen LogP contribution in [0.2, 0.25) is 0 Å². The highest BCUT2D eigenvalue weighted by atomic mass is 16.2. The number of benzene rings is 1. The molecule has 0 saturated carbocycles. The third-order valence-electron chi connectivity index (χ3n) is 4.30. The van der Waals surface area contributed by atoms with Crippen LogP contribution in [0.4, 0.5) is 5.69 Å². The standard InChI is InChI=1S/C16H21N3O/c1-2-12-5-3-4-8-19(12)16(20)14-10-18-15-7-6-11(17)9-13(14)15/h6-7,9-10,12,18H,2-5,8,17H2,1H3. The van der Waals surface area contributed by atoms with Crippen LogP contribution in [-0.4, -0.2) is 28.4 Å². The number of nitrogens with one attached hydrogen (secondary N) is 1. The average Bonchev–Trinajstić information content (AvgIpc) is 2.89.